The van der Waals surface area contributed by atoms with E-state index in [0.717, 1.165) is 23.3 Å². The molecule has 20 nitrogen and oxygen atoms in total. The second-order valence-corrected chi connectivity index (χ2v) is 17.3. The molecular formula is C32H41N11O9S3. The Balaban J connectivity index is 1.24. The molecule has 2 aliphatic heterocycles. The Morgan fingerprint density at radius 2 is 1.84 bits per heavy atom. The number of tetrazole rings is 1. The molecule has 23 heteroatoms. The highest BCUT2D eigenvalue weighted by Gasteiger charge is 2.57. The van der Waals surface area contributed by atoms with Gasteiger partial charge in [-0.15, -0.1) is 16.9 Å². The number of aliphatic carboxylic acids is 1. The van der Waals surface area contributed by atoms with Crippen molar-refractivity contribution in [2.75, 3.05) is 30.3 Å². The van der Waals surface area contributed by atoms with E-state index in [0.29, 0.717) is 10.7 Å². The van der Waals surface area contributed by atoms with Crippen LogP contribution in [0, 0.1) is 5.41 Å². The van der Waals surface area contributed by atoms with Crippen molar-refractivity contribution in [3.63, 3.8) is 0 Å². The number of nitrogens with one attached hydrogen (secondary N) is 2. The number of nitrogen functional groups attached to an aromatic ring is 1. The molecule has 2 aromatic heterocycles. The number of oxime groups is 1. The molecule has 0 aliphatic carbocycles. The lowest BCUT2D eigenvalue weighted by molar-refractivity contribution is -0.169. The van der Waals surface area contributed by atoms with Gasteiger partial charge in [0.25, 0.3) is 5.91 Å². The van der Waals surface area contributed by atoms with Crippen LogP contribution in [0.25, 0.3) is 0 Å². The van der Waals surface area contributed by atoms with Crippen LogP contribution in [0.3, 0.4) is 0 Å². The van der Waals surface area contributed by atoms with Crippen LogP contribution in [0.2, 0.25) is 0 Å². The van der Waals surface area contributed by atoms with Crippen molar-refractivity contribution in [3.8, 4) is 0 Å². The lowest BCUT2D eigenvalue weighted by atomic mass is 9.89. The quantitative estimate of drug-likeness (QED) is 0.0593. The van der Waals surface area contributed by atoms with Crippen LogP contribution < -0.4 is 16.4 Å². The summed E-state index contributed by atoms with van der Waals surface area (Å²) < 4.78 is 16.3. The first-order chi connectivity index (χ1) is 25.9. The van der Waals surface area contributed by atoms with E-state index in [9.17, 15) is 29.1 Å². The molecule has 55 heavy (non-hydrogen) atoms. The maximum Gasteiger partial charge on any atom is 0.407 e. The second-order valence-electron chi connectivity index (χ2n) is 14.4. The van der Waals surface area contributed by atoms with E-state index in [1.807, 2.05) is 0 Å². The molecule has 2 saturated heterocycles. The lowest BCUT2D eigenvalue weighted by Gasteiger charge is -2.53. The van der Waals surface area contributed by atoms with Crippen molar-refractivity contribution in [2.24, 2.45) is 10.6 Å². The van der Waals surface area contributed by atoms with Gasteiger partial charge in [-0.25, -0.2) is 14.3 Å². The van der Waals surface area contributed by atoms with E-state index in [2.05, 4.69) is 40.7 Å². The molecule has 4 atom stereocenters. The first-order valence-corrected chi connectivity index (χ1v) is 19.6. The minimum atomic E-state index is -1.38. The molecule has 3 aromatic rings. The smallest absolute Gasteiger partial charge is 0.407 e. The van der Waals surface area contributed by atoms with Gasteiger partial charge in [0.2, 0.25) is 28.7 Å². The predicted molar refractivity (Wildman–Crippen MR) is 200 cm³/mol. The standard InChI is InChI=1S/C32H41N11O9S3/c1-30(2,3)50-25(46)20(17-10-8-7-9-11-17)52-38-18(21-36-27(33)55-39-21)22(44)35-19-23(45)42-14-32(26(47)48,15-53-24(19)42)16-54-28-37-40-41-43(28)13-12-34-29(49)51-31(4,5)6/h7-11,19-20,24H,12-16H2,1-6H3,(H,34,49)(H,35,44)(H,47,48)(H2,33,36,39)/t19?,20?,24-,32?/m1/s1. The number of benzene rings is 1. The molecule has 3 amide bonds. The van der Waals surface area contributed by atoms with Crippen molar-refractivity contribution in [3.05, 3.63) is 41.7 Å². The Bertz CT molecular complexity index is 1930. The van der Waals surface area contributed by atoms with Gasteiger partial charge in [0.05, 0.1) is 6.54 Å². The zero-order chi connectivity index (χ0) is 40.1. The van der Waals surface area contributed by atoms with E-state index < -0.39 is 69.7 Å². The number of β-lactam (4-membered cyclic amide) rings is 1. The van der Waals surface area contributed by atoms with Crippen molar-refractivity contribution in [1.29, 1.82) is 0 Å². The van der Waals surface area contributed by atoms with Crippen molar-refractivity contribution < 1.29 is 43.4 Å². The summed E-state index contributed by atoms with van der Waals surface area (Å²) in [5, 5.41) is 31.0. The molecule has 4 heterocycles. The normalized spacial score (nSPS) is 20.4. The minimum Gasteiger partial charge on any atom is -0.481 e. The third kappa shape index (κ3) is 10.4. The van der Waals surface area contributed by atoms with Crippen molar-refractivity contribution >= 4 is 75.7 Å². The van der Waals surface area contributed by atoms with Crippen LogP contribution in [0.4, 0.5) is 9.93 Å². The van der Waals surface area contributed by atoms with Gasteiger partial charge in [0.15, 0.2) is 5.13 Å². The number of rotatable bonds is 14. The number of carboxylic acid groups (broad SMARTS) is 1. The number of fused-ring (bicyclic) bond motifs is 1. The van der Waals surface area contributed by atoms with E-state index in [1.165, 1.54) is 21.3 Å². The molecule has 3 unspecified atom stereocenters. The summed E-state index contributed by atoms with van der Waals surface area (Å²) in [5.41, 5.74) is 2.86. The first kappa shape index (κ1) is 41.1. The second kappa shape index (κ2) is 16.8. The van der Waals surface area contributed by atoms with Crippen LogP contribution in [0.1, 0.15) is 59.0 Å². The summed E-state index contributed by atoms with van der Waals surface area (Å²) in [7, 11) is 0. The average molecular weight is 820 g/mol. The van der Waals surface area contributed by atoms with Gasteiger partial charge in [0.1, 0.15) is 28.0 Å². The summed E-state index contributed by atoms with van der Waals surface area (Å²) in [4.78, 5) is 76.1. The average Bonchev–Trinajstić information content (AvgIpc) is 3.74. The molecule has 5 rings (SSSR count). The number of carbonyl (C=O) groups is 5. The van der Waals surface area contributed by atoms with Crippen molar-refractivity contribution in [2.45, 2.75) is 82.0 Å². The van der Waals surface area contributed by atoms with Gasteiger partial charge in [-0.3, -0.25) is 14.4 Å². The highest BCUT2D eigenvalue weighted by Crippen LogP contribution is 2.44. The van der Waals surface area contributed by atoms with E-state index in [4.69, 9.17) is 20.0 Å². The number of esters is 1. The van der Waals surface area contributed by atoms with Gasteiger partial charge in [-0.05, 0) is 52.0 Å². The summed E-state index contributed by atoms with van der Waals surface area (Å²) in [5.74, 6) is -3.35. The number of hydrogen-bond donors (Lipinski definition) is 4. The molecule has 0 bridgehead atoms. The van der Waals surface area contributed by atoms with E-state index in [-0.39, 0.29) is 42.1 Å². The SMILES string of the molecule is CC(C)(C)OC(=O)NCCn1nnnc1SCC1(C(=O)O)CS[C@@H]2C(NC(=O)C(=NOC(C(=O)OC(C)(C)C)c3ccccc3)c3nsc(N)n3)C(=O)N2C1. The number of anilines is 1. The molecule has 296 valence electrons. The maximum atomic E-state index is 13.7. The highest BCUT2D eigenvalue weighted by molar-refractivity contribution is 8.00. The topological polar surface area (TPSA) is 268 Å². The molecule has 5 N–H and O–H groups in total. The number of aromatic nitrogens is 6. The van der Waals surface area contributed by atoms with Gasteiger partial charge in [-0.2, -0.15) is 9.36 Å². The zero-order valence-corrected chi connectivity index (χ0v) is 33.2. The fourth-order valence-corrected chi connectivity index (χ4v) is 8.38. The fourth-order valence-electron chi connectivity index (χ4n) is 5.18. The van der Waals surface area contributed by atoms with Crippen LogP contribution in [0.5, 0.6) is 0 Å². The number of nitrogens with two attached hydrogens (primary N) is 1. The van der Waals surface area contributed by atoms with Gasteiger partial charge in [-0.1, -0.05) is 47.2 Å². The molecule has 2 fully saturated rings. The number of nitrogens with zero attached hydrogens (tertiary/aromatic N) is 8. The molecule has 2 aliphatic rings. The fraction of sp³-hybridized carbons (Fsp3) is 0.531. The number of carbonyl (C=O) groups excluding carboxylic acids is 4. The van der Waals surface area contributed by atoms with Crippen LogP contribution in [-0.2, 0) is 40.0 Å². The van der Waals surface area contributed by atoms with Crippen LogP contribution in [0.15, 0.2) is 40.6 Å². The monoisotopic (exact) mass is 819 g/mol. The van der Waals surface area contributed by atoms with Crippen LogP contribution in [-0.4, -0.2) is 122 Å². The third-order valence-corrected chi connectivity index (χ3v) is 11.1. The maximum absolute atomic E-state index is 13.7. The predicted octanol–water partition coefficient (Wildman–Crippen LogP) is 1.70. The van der Waals surface area contributed by atoms with Gasteiger partial charge < -0.3 is 40.7 Å². The number of carboxylic acids is 1. The van der Waals surface area contributed by atoms with Gasteiger partial charge >= 0.3 is 18.0 Å². The van der Waals surface area contributed by atoms with Crippen LogP contribution >= 0.6 is 35.1 Å². The summed E-state index contributed by atoms with van der Waals surface area (Å²) >= 11 is 3.10. The lowest BCUT2D eigenvalue weighted by Crippen LogP contribution is -2.74. The number of alkyl carbamates (subject to hydrolysis) is 1. The third-order valence-electron chi connectivity index (χ3n) is 7.69. The molecule has 0 radical (unpaired) electrons. The van der Waals surface area contributed by atoms with Gasteiger partial charge in [0, 0.05) is 41.7 Å². The minimum absolute atomic E-state index is 0.0218. The van der Waals surface area contributed by atoms with E-state index in [1.54, 1.807) is 71.9 Å². The number of thioether (sulfide) groups is 2. The summed E-state index contributed by atoms with van der Waals surface area (Å²) in [6.07, 6.45) is -1.97. The summed E-state index contributed by atoms with van der Waals surface area (Å²) in [6.45, 7) is 10.5. The van der Waals surface area contributed by atoms with E-state index >= 15 is 0 Å². The Kier molecular flexibility index (Phi) is 12.5. The Hall–Kier alpha value is -5.03. The Morgan fingerprint density at radius 3 is 2.47 bits per heavy atom. The molecule has 1 aromatic carbocycles. The molecule has 0 saturated carbocycles. The molecular weight excluding hydrogens is 779 g/mol. The largest absolute Gasteiger partial charge is 0.481 e. The highest BCUT2D eigenvalue weighted by atomic mass is 32.2. The number of amides is 3. The first-order valence-electron chi connectivity index (χ1n) is 16.8. The van der Waals surface area contributed by atoms with Crippen molar-refractivity contribution in [1.82, 2.24) is 45.1 Å². The zero-order valence-electron chi connectivity index (χ0n) is 30.7. The number of hydrogen-bond acceptors (Lipinski definition) is 18. The summed E-state index contributed by atoms with van der Waals surface area (Å²) in [6, 6.07) is 7.37. The number of ether oxygens (including phenoxy) is 2. The Morgan fingerprint density at radius 1 is 1.13 bits per heavy atom. The molecule has 0 spiro atoms. The Labute approximate surface area is 327 Å².